The average Bonchev–Trinajstić information content (AvgIpc) is 3.43. The lowest BCUT2D eigenvalue weighted by atomic mass is 9.33. The second-order valence-corrected chi connectivity index (χ2v) is 24.7. The molecular formula is C71H68BN3. The summed E-state index contributed by atoms with van der Waals surface area (Å²) in [6, 6.07) is 76.1. The van der Waals surface area contributed by atoms with Crippen molar-refractivity contribution in [3.8, 4) is 22.3 Å². The summed E-state index contributed by atoms with van der Waals surface area (Å²) in [5.74, 6) is 0. The fourth-order valence-electron chi connectivity index (χ4n) is 13.6. The van der Waals surface area contributed by atoms with Crippen LogP contribution >= 0.6 is 0 Å². The lowest BCUT2D eigenvalue weighted by Gasteiger charge is -2.48. The minimum Gasteiger partial charge on any atom is -0.311 e. The Balaban J connectivity index is 1.18. The number of nitrogens with zero attached hydrogens (tertiary/aromatic N) is 3. The van der Waals surface area contributed by atoms with E-state index in [1.54, 1.807) is 0 Å². The average molecular weight is 974 g/mol. The van der Waals surface area contributed by atoms with Crippen molar-refractivity contribution in [2.75, 3.05) is 14.7 Å². The summed E-state index contributed by atoms with van der Waals surface area (Å²) < 4.78 is 0. The van der Waals surface area contributed by atoms with Gasteiger partial charge in [0.05, 0.1) is 5.69 Å². The van der Waals surface area contributed by atoms with E-state index in [-0.39, 0.29) is 28.4 Å². The topological polar surface area (TPSA) is 9.72 Å². The molecule has 370 valence electrons. The van der Waals surface area contributed by atoms with Crippen LogP contribution in [0.15, 0.2) is 200 Å². The van der Waals surface area contributed by atoms with Crippen molar-refractivity contribution < 1.29 is 0 Å². The van der Waals surface area contributed by atoms with Crippen LogP contribution in [0.5, 0.6) is 0 Å². The molecule has 2 aliphatic carbocycles. The molecule has 0 spiro atoms. The van der Waals surface area contributed by atoms with Gasteiger partial charge in [-0.3, -0.25) is 0 Å². The number of benzene rings is 9. The molecule has 3 nitrogen and oxygen atoms in total. The molecule has 0 amide bonds. The van der Waals surface area contributed by atoms with Crippen LogP contribution in [-0.4, -0.2) is 6.71 Å². The van der Waals surface area contributed by atoms with E-state index in [2.05, 4.69) is 277 Å². The van der Waals surface area contributed by atoms with E-state index in [1.807, 2.05) is 0 Å². The van der Waals surface area contributed by atoms with Gasteiger partial charge in [-0.05, 0) is 194 Å². The maximum absolute atomic E-state index is 2.70. The SMILES string of the molecule is Cc1cc(-c2ccccc2)ccc1N1c2ccc(-c3ccccc3)cc2B2c3cc4c(cc3N(c3ccc5c(c3)C(C)(C)CCC5(C)C)c3cc(N(c5ccccc5)c5ccccc5)cc1c32)C(C)(C)CCC4(C)C. The molecule has 0 atom stereocenters. The summed E-state index contributed by atoms with van der Waals surface area (Å²) in [6.07, 6.45) is 4.62. The summed E-state index contributed by atoms with van der Waals surface area (Å²) in [6.45, 7) is 22.0. The van der Waals surface area contributed by atoms with Crippen molar-refractivity contribution in [3.05, 3.63) is 228 Å². The molecule has 2 aliphatic heterocycles. The van der Waals surface area contributed by atoms with E-state index in [0.717, 1.165) is 36.3 Å². The Morgan fingerprint density at radius 3 is 1.35 bits per heavy atom. The Kier molecular flexibility index (Phi) is 10.9. The smallest absolute Gasteiger partial charge is 0.252 e. The molecule has 9 aromatic rings. The lowest BCUT2D eigenvalue weighted by Crippen LogP contribution is -2.62. The van der Waals surface area contributed by atoms with Crippen LogP contribution in [0.1, 0.15) is 109 Å². The van der Waals surface area contributed by atoms with Crippen LogP contribution in [0.25, 0.3) is 22.3 Å². The van der Waals surface area contributed by atoms with E-state index in [9.17, 15) is 0 Å². The van der Waals surface area contributed by atoms with Gasteiger partial charge in [0, 0.05) is 45.5 Å². The molecule has 0 aromatic heterocycles. The quantitative estimate of drug-likeness (QED) is 0.147. The Morgan fingerprint density at radius 1 is 0.347 bits per heavy atom. The van der Waals surface area contributed by atoms with Crippen LogP contribution in [0.4, 0.5) is 51.2 Å². The number of hydrogen-bond donors (Lipinski definition) is 0. The Bertz CT molecular complexity index is 3650. The molecule has 0 saturated heterocycles. The number of para-hydroxylation sites is 2. The van der Waals surface area contributed by atoms with Crippen molar-refractivity contribution in [1.29, 1.82) is 0 Å². The monoisotopic (exact) mass is 974 g/mol. The van der Waals surface area contributed by atoms with Gasteiger partial charge in [0.25, 0.3) is 6.71 Å². The number of aryl methyl sites for hydroxylation is 1. The third-order valence-corrected chi connectivity index (χ3v) is 18.1. The van der Waals surface area contributed by atoms with Gasteiger partial charge < -0.3 is 14.7 Å². The van der Waals surface area contributed by atoms with Crippen LogP contribution in [0.3, 0.4) is 0 Å². The second-order valence-electron chi connectivity index (χ2n) is 24.7. The van der Waals surface area contributed by atoms with Gasteiger partial charge in [-0.1, -0.05) is 183 Å². The van der Waals surface area contributed by atoms with Crippen molar-refractivity contribution in [2.45, 2.75) is 110 Å². The molecule has 0 saturated carbocycles. The summed E-state index contributed by atoms with van der Waals surface area (Å²) >= 11 is 0. The van der Waals surface area contributed by atoms with Gasteiger partial charge in [-0.15, -0.1) is 0 Å². The van der Waals surface area contributed by atoms with E-state index in [0.29, 0.717) is 0 Å². The van der Waals surface area contributed by atoms with Gasteiger partial charge in [0.2, 0.25) is 0 Å². The number of rotatable bonds is 7. The van der Waals surface area contributed by atoms with Crippen molar-refractivity contribution >= 4 is 74.3 Å². The van der Waals surface area contributed by atoms with E-state index in [1.165, 1.54) is 107 Å². The first kappa shape index (κ1) is 47.2. The summed E-state index contributed by atoms with van der Waals surface area (Å²) in [5.41, 5.74) is 26.8. The molecule has 9 aromatic carbocycles. The van der Waals surface area contributed by atoms with Crippen LogP contribution in [-0.2, 0) is 21.7 Å². The van der Waals surface area contributed by atoms with Gasteiger partial charge in [-0.25, -0.2) is 0 Å². The Labute approximate surface area is 446 Å². The molecule has 13 rings (SSSR count). The fourth-order valence-corrected chi connectivity index (χ4v) is 13.6. The van der Waals surface area contributed by atoms with Crippen LogP contribution < -0.4 is 31.1 Å². The van der Waals surface area contributed by atoms with Gasteiger partial charge in [0.15, 0.2) is 0 Å². The van der Waals surface area contributed by atoms with E-state index >= 15 is 0 Å². The molecule has 0 bridgehead atoms. The highest BCUT2D eigenvalue weighted by Gasteiger charge is 2.48. The minimum atomic E-state index is -0.0600. The highest BCUT2D eigenvalue weighted by Crippen LogP contribution is 2.54. The third kappa shape index (κ3) is 7.69. The second kappa shape index (κ2) is 17.2. The lowest BCUT2D eigenvalue weighted by molar-refractivity contribution is 0.332. The standard InChI is InChI=1S/C71H68BN3/c1-47-40-50(48-22-14-10-15-23-48)30-34-62(47)75-63-35-31-51(49-24-16-11-17-25-49)41-60(63)72-61-45-58-59(71(8,9)39-38-70(58,6)7)46-64(61)74(54-32-33-56-57(42-54)69(4,5)37-36-68(56,2)3)65-43-55(44-66(75)67(65)72)73(52-26-18-12-19-27-52)53-28-20-13-21-29-53/h10-35,40-46H,36-39H2,1-9H3. The zero-order valence-electron chi connectivity index (χ0n) is 45.3. The molecule has 0 fully saturated rings. The van der Waals surface area contributed by atoms with Crippen molar-refractivity contribution in [3.63, 3.8) is 0 Å². The molecule has 4 heteroatoms. The highest BCUT2D eigenvalue weighted by molar-refractivity contribution is 7.00. The first-order valence-electron chi connectivity index (χ1n) is 27.5. The molecule has 75 heavy (non-hydrogen) atoms. The number of fused-ring (bicyclic) bond motifs is 6. The van der Waals surface area contributed by atoms with Crippen molar-refractivity contribution in [2.24, 2.45) is 0 Å². The molecule has 0 radical (unpaired) electrons. The predicted molar refractivity (Wildman–Crippen MR) is 321 cm³/mol. The Hall–Kier alpha value is -7.56. The van der Waals surface area contributed by atoms with Gasteiger partial charge in [-0.2, -0.15) is 0 Å². The fraction of sp³-hybridized carbons (Fsp3) is 0.239. The molecule has 4 aliphatic rings. The summed E-state index contributed by atoms with van der Waals surface area (Å²) in [7, 11) is 0. The molecular weight excluding hydrogens is 906 g/mol. The van der Waals surface area contributed by atoms with E-state index < -0.39 is 0 Å². The molecule has 2 heterocycles. The number of hydrogen-bond acceptors (Lipinski definition) is 3. The normalized spacial score (nSPS) is 17.0. The zero-order chi connectivity index (χ0) is 51.6. The van der Waals surface area contributed by atoms with E-state index in [4.69, 9.17) is 0 Å². The molecule has 0 N–H and O–H groups in total. The minimum absolute atomic E-state index is 0.00329. The number of anilines is 9. The van der Waals surface area contributed by atoms with Gasteiger partial charge in [0.1, 0.15) is 0 Å². The third-order valence-electron chi connectivity index (χ3n) is 18.1. The highest BCUT2D eigenvalue weighted by atomic mass is 15.2. The summed E-state index contributed by atoms with van der Waals surface area (Å²) in [5, 5.41) is 0. The first-order chi connectivity index (χ1) is 36.1. The van der Waals surface area contributed by atoms with Crippen LogP contribution in [0, 0.1) is 6.92 Å². The zero-order valence-corrected chi connectivity index (χ0v) is 45.3. The maximum Gasteiger partial charge on any atom is 0.252 e. The Morgan fingerprint density at radius 2 is 0.800 bits per heavy atom. The maximum atomic E-state index is 2.70. The van der Waals surface area contributed by atoms with Crippen molar-refractivity contribution in [1.82, 2.24) is 0 Å². The largest absolute Gasteiger partial charge is 0.311 e. The first-order valence-corrected chi connectivity index (χ1v) is 27.5. The summed E-state index contributed by atoms with van der Waals surface area (Å²) in [4.78, 5) is 7.79. The van der Waals surface area contributed by atoms with Crippen LogP contribution in [0.2, 0.25) is 0 Å². The molecule has 0 unspecified atom stereocenters. The predicted octanol–water partition coefficient (Wildman–Crippen LogP) is 17.6. The van der Waals surface area contributed by atoms with Gasteiger partial charge >= 0.3 is 0 Å².